The van der Waals surface area contributed by atoms with E-state index >= 15 is 0 Å². The first-order valence-electron chi connectivity index (χ1n) is 8.01. The summed E-state index contributed by atoms with van der Waals surface area (Å²) in [5.41, 5.74) is 5.26. The Morgan fingerprint density at radius 2 is 2.04 bits per heavy atom. The Morgan fingerprint density at radius 1 is 1.17 bits per heavy atom. The van der Waals surface area contributed by atoms with Gasteiger partial charge in [-0.1, -0.05) is 11.6 Å². The van der Waals surface area contributed by atoms with Crippen molar-refractivity contribution in [3.05, 3.63) is 53.9 Å². The number of nitrogens with one attached hydrogen (secondary N) is 1. The van der Waals surface area contributed by atoms with E-state index in [1.54, 1.807) is 13.3 Å². The zero-order valence-corrected chi connectivity index (χ0v) is 13.7. The van der Waals surface area contributed by atoms with Gasteiger partial charge in [0.2, 0.25) is 5.91 Å². The predicted octanol–water partition coefficient (Wildman–Crippen LogP) is 3.59. The second-order valence-electron chi connectivity index (χ2n) is 6.13. The van der Waals surface area contributed by atoms with Crippen LogP contribution in [-0.2, 0) is 11.2 Å². The highest BCUT2D eigenvalue weighted by atomic mass is 16.2. The monoisotopic (exact) mass is 318 g/mol. The second-order valence-corrected chi connectivity index (χ2v) is 6.13. The van der Waals surface area contributed by atoms with E-state index < -0.39 is 0 Å². The van der Waals surface area contributed by atoms with E-state index in [1.807, 2.05) is 29.2 Å². The quantitative estimate of drug-likeness (QED) is 0.784. The molecule has 0 saturated carbocycles. The number of nitrogens with zero attached hydrogens (tertiary/aromatic N) is 3. The smallest absolute Gasteiger partial charge is 0.223 e. The van der Waals surface area contributed by atoms with Crippen LogP contribution in [0.3, 0.4) is 0 Å². The Labute approximate surface area is 140 Å². The van der Waals surface area contributed by atoms with E-state index in [0.717, 1.165) is 41.1 Å². The number of aromatic nitrogens is 2. The number of carbonyl (C=O) groups excluding carboxylic acids is 1. The van der Waals surface area contributed by atoms with Gasteiger partial charge in [-0.2, -0.15) is 0 Å². The maximum absolute atomic E-state index is 11.7. The van der Waals surface area contributed by atoms with Gasteiger partial charge in [-0.25, -0.2) is 9.97 Å². The molecule has 2 aromatic carbocycles. The van der Waals surface area contributed by atoms with Gasteiger partial charge < -0.3 is 10.2 Å². The summed E-state index contributed by atoms with van der Waals surface area (Å²) in [4.78, 5) is 22.2. The molecule has 0 fully saturated rings. The summed E-state index contributed by atoms with van der Waals surface area (Å²) in [6, 6.07) is 12.2. The molecule has 0 unspecified atom stereocenters. The van der Waals surface area contributed by atoms with Crippen molar-refractivity contribution < 1.29 is 4.79 Å². The summed E-state index contributed by atoms with van der Waals surface area (Å²) in [7, 11) is 0. The average molecular weight is 318 g/mol. The summed E-state index contributed by atoms with van der Waals surface area (Å²) in [6.07, 6.45) is 2.46. The third kappa shape index (κ3) is 2.48. The van der Waals surface area contributed by atoms with Gasteiger partial charge in [0.25, 0.3) is 0 Å². The molecule has 4 rings (SSSR count). The third-order valence-electron chi connectivity index (χ3n) is 4.41. The van der Waals surface area contributed by atoms with Crippen LogP contribution in [0.15, 0.2) is 42.7 Å². The van der Waals surface area contributed by atoms with Gasteiger partial charge in [-0.05, 0) is 49.2 Å². The predicted molar refractivity (Wildman–Crippen MR) is 95.7 cm³/mol. The van der Waals surface area contributed by atoms with Crippen LogP contribution in [0.2, 0.25) is 0 Å². The third-order valence-corrected chi connectivity index (χ3v) is 4.41. The molecule has 0 bridgehead atoms. The molecule has 1 aromatic heterocycles. The first-order valence-corrected chi connectivity index (χ1v) is 8.01. The second kappa shape index (κ2) is 5.60. The summed E-state index contributed by atoms with van der Waals surface area (Å²) in [5.74, 6) is 0.886. The molecule has 0 radical (unpaired) electrons. The van der Waals surface area contributed by atoms with Crippen molar-refractivity contribution in [2.24, 2.45) is 0 Å². The molecule has 0 saturated heterocycles. The molecule has 5 nitrogen and oxygen atoms in total. The number of rotatable bonds is 2. The van der Waals surface area contributed by atoms with Crippen LogP contribution in [0.25, 0.3) is 10.9 Å². The lowest BCUT2D eigenvalue weighted by Gasteiger charge is -2.15. The fraction of sp³-hybridized carbons (Fsp3) is 0.211. The van der Waals surface area contributed by atoms with Gasteiger partial charge in [-0.3, -0.25) is 4.79 Å². The van der Waals surface area contributed by atoms with Gasteiger partial charge in [0.15, 0.2) is 0 Å². The van der Waals surface area contributed by atoms with E-state index in [-0.39, 0.29) is 5.91 Å². The summed E-state index contributed by atoms with van der Waals surface area (Å²) in [6.45, 7) is 4.42. The van der Waals surface area contributed by atoms with Gasteiger partial charge >= 0.3 is 0 Å². The van der Waals surface area contributed by atoms with Crippen LogP contribution in [0.4, 0.5) is 17.2 Å². The van der Waals surface area contributed by atoms with Gasteiger partial charge in [0, 0.05) is 30.2 Å². The lowest BCUT2D eigenvalue weighted by Crippen LogP contribution is -2.25. The van der Waals surface area contributed by atoms with Crippen LogP contribution in [0, 0.1) is 6.92 Å². The standard InChI is InChI=1S/C19H18N4O/c1-12-3-5-17-16(9-12)19(21-11-20-17)22-15-4-6-18-14(10-15)7-8-23(18)13(2)24/h3-6,9-11H,7-8H2,1-2H3,(H,20,21,22). The minimum atomic E-state index is 0.0896. The fourth-order valence-electron chi connectivity index (χ4n) is 3.21. The van der Waals surface area contributed by atoms with Crippen LogP contribution in [0.1, 0.15) is 18.1 Å². The first-order chi connectivity index (χ1) is 11.6. The number of fused-ring (bicyclic) bond motifs is 2. The molecule has 2 heterocycles. The summed E-state index contributed by atoms with van der Waals surface area (Å²) < 4.78 is 0. The largest absolute Gasteiger partial charge is 0.340 e. The molecule has 5 heteroatoms. The van der Waals surface area contributed by atoms with Crippen molar-refractivity contribution in [2.45, 2.75) is 20.3 Å². The number of aryl methyl sites for hydroxylation is 1. The minimum Gasteiger partial charge on any atom is -0.340 e. The van der Waals surface area contributed by atoms with Crippen molar-refractivity contribution in [1.29, 1.82) is 0 Å². The van der Waals surface area contributed by atoms with E-state index in [2.05, 4.69) is 34.3 Å². The number of hydrogen-bond acceptors (Lipinski definition) is 4. The Bertz CT molecular complexity index is 951. The Kier molecular flexibility index (Phi) is 3.41. The lowest BCUT2D eigenvalue weighted by molar-refractivity contribution is -0.116. The maximum Gasteiger partial charge on any atom is 0.223 e. The molecule has 1 aliphatic heterocycles. The van der Waals surface area contributed by atoms with Crippen LogP contribution in [-0.4, -0.2) is 22.4 Å². The van der Waals surface area contributed by atoms with Crippen molar-refractivity contribution in [2.75, 3.05) is 16.8 Å². The molecule has 0 aliphatic carbocycles. The molecule has 0 atom stereocenters. The number of amides is 1. The van der Waals surface area contributed by atoms with E-state index in [1.165, 1.54) is 11.1 Å². The Balaban J connectivity index is 1.70. The Morgan fingerprint density at radius 3 is 2.88 bits per heavy atom. The normalized spacial score (nSPS) is 13.2. The molecular weight excluding hydrogens is 300 g/mol. The topological polar surface area (TPSA) is 58.1 Å². The lowest BCUT2D eigenvalue weighted by atomic mass is 10.1. The van der Waals surface area contributed by atoms with E-state index in [4.69, 9.17) is 0 Å². The molecule has 1 aliphatic rings. The van der Waals surface area contributed by atoms with E-state index in [9.17, 15) is 4.79 Å². The molecule has 24 heavy (non-hydrogen) atoms. The molecule has 0 spiro atoms. The molecule has 1 amide bonds. The zero-order valence-electron chi connectivity index (χ0n) is 13.7. The van der Waals surface area contributed by atoms with Crippen molar-refractivity contribution in [3.63, 3.8) is 0 Å². The Hall–Kier alpha value is -2.95. The summed E-state index contributed by atoms with van der Waals surface area (Å²) in [5, 5.41) is 4.40. The molecular formula is C19H18N4O. The van der Waals surface area contributed by atoms with Crippen molar-refractivity contribution in [1.82, 2.24) is 9.97 Å². The highest BCUT2D eigenvalue weighted by Crippen LogP contribution is 2.32. The zero-order chi connectivity index (χ0) is 16.7. The highest BCUT2D eigenvalue weighted by molar-refractivity contribution is 5.95. The highest BCUT2D eigenvalue weighted by Gasteiger charge is 2.22. The summed E-state index contributed by atoms with van der Waals surface area (Å²) >= 11 is 0. The average Bonchev–Trinajstić information content (AvgIpc) is 2.99. The minimum absolute atomic E-state index is 0.0896. The number of anilines is 3. The van der Waals surface area contributed by atoms with Crippen molar-refractivity contribution >= 4 is 34.0 Å². The van der Waals surface area contributed by atoms with Crippen molar-refractivity contribution in [3.8, 4) is 0 Å². The first kappa shape index (κ1) is 14.6. The number of carbonyl (C=O) groups is 1. The van der Waals surface area contributed by atoms with Gasteiger partial charge in [-0.15, -0.1) is 0 Å². The molecule has 3 aromatic rings. The SMILES string of the molecule is CC(=O)N1CCc2cc(Nc3ncnc4ccc(C)cc34)ccc21. The van der Waals surface area contributed by atoms with Crippen LogP contribution < -0.4 is 10.2 Å². The molecule has 1 N–H and O–H groups in total. The van der Waals surface area contributed by atoms with Gasteiger partial charge in [0.05, 0.1) is 5.52 Å². The molecule has 120 valence electrons. The maximum atomic E-state index is 11.7. The fourth-order valence-corrected chi connectivity index (χ4v) is 3.21. The number of hydrogen-bond donors (Lipinski definition) is 1. The van der Waals surface area contributed by atoms with Crippen LogP contribution in [0.5, 0.6) is 0 Å². The number of benzene rings is 2. The van der Waals surface area contributed by atoms with Crippen LogP contribution >= 0.6 is 0 Å². The van der Waals surface area contributed by atoms with E-state index in [0.29, 0.717) is 0 Å². The van der Waals surface area contributed by atoms with Gasteiger partial charge in [0.1, 0.15) is 12.1 Å².